The number of aryl methyl sites for hydroxylation is 1. The number of thiophene rings is 1. The van der Waals surface area contributed by atoms with Gasteiger partial charge in [-0.1, -0.05) is 29.8 Å². The zero-order valence-corrected chi connectivity index (χ0v) is 18.2. The Balaban J connectivity index is 1.32. The van der Waals surface area contributed by atoms with Gasteiger partial charge in [0, 0.05) is 52.8 Å². The topological polar surface area (TPSA) is 67.2 Å². The maximum atomic E-state index is 12.6. The van der Waals surface area contributed by atoms with Gasteiger partial charge in [0.25, 0.3) is 0 Å². The van der Waals surface area contributed by atoms with Crippen LogP contribution in [-0.4, -0.2) is 39.6 Å². The minimum absolute atomic E-state index is 0.00893. The molecule has 1 aliphatic rings. The van der Waals surface area contributed by atoms with Crippen molar-refractivity contribution < 1.29 is 9.59 Å². The van der Waals surface area contributed by atoms with Crippen LogP contribution in [0.3, 0.4) is 0 Å². The Morgan fingerprint density at radius 1 is 1.30 bits per heavy atom. The maximum absolute atomic E-state index is 12.6. The number of halogens is 1. The van der Waals surface area contributed by atoms with Crippen LogP contribution in [0.4, 0.5) is 5.69 Å². The van der Waals surface area contributed by atoms with Crippen LogP contribution in [0.15, 0.2) is 42.7 Å². The van der Waals surface area contributed by atoms with Crippen LogP contribution < -0.4 is 5.32 Å². The zero-order chi connectivity index (χ0) is 21.1. The number of nitrogens with one attached hydrogen (secondary N) is 1. The highest BCUT2D eigenvalue weighted by Crippen LogP contribution is 2.36. The van der Waals surface area contributed by atoms with Crippen LogP contribution in [-0.2, 0) is 16.1 Å². The molecule has 2 amide bonds. The third-order valence-corrected chi connectivity index (χ3v) is 6.99. The molecule has 4 rings (SSSR count). The number of piperidine rings is 1. The summed E-state index contributed by atoms with van der Waals surface area (Å²) in [6.45, 7) is 3.89. The number of carbonyl (C=O) groups is 2. The molecule has 1 fully saturated rings. The first-order chi connectivity index (χ1) is 14.5. The van der Waals surface area contributed by atoms with E-state index in [4.69, 9.17) is 11.6 Å². The number of fused-ring (bicyclic) bond motifs is 1. The first-order valence-electron chi connectivity index (χ1n) is 10.0. The Bertz CT molecular complexity index is 1100. The average molecular weight is 443 g/mol. The number of rotatable bonds is 5. The molecular formula is C22H23ClN4O2S. The van der Waals surface area contributed by atoms with E-state index in [1.165, 1.54) is 0 Å². The van der Waals surface area contributed by atoms with Gasteiger partial charge >= 0.3 is 0 Å². The number of carbonyl (C=O) groups excluding carboxylic acids is 2. The molecule has 30 heavy (non-hydrogen) atoms. The molecule has 0 unspecified atom stereocenters. The fraction of sp³-hybridized carbons (Fsp3) is 0.318. The predicted octanol–water partition coefficient (Wildman–Crippen LogP) is 4.66. The van der Waals surface area contributed by atoms with E-state index >= 15 is 0 Å². The summed E-state index contributed by atoms with van der Waals surface area (Å²) in [4.78, 5) is 27.8. The van der Waals surface area contributed by atoms with E-state index in [0.29, 0.717) is 36.6 Å². The van der Waals surface area contributed by atoms with Gasteiger partial charge in [-0.2, -0.15) is 5.10 Å². The summed E-state index contributed by atoms with van der Waals surface area (Å²) >= 11 is 8.01. The lowest BCUT2D eigenvalue weighted by Crippen LogP contribution is -2.40. The normalized spacial score (nSPS) is 15.2. The molecule has 1 N–H and O–H groups in total. The Hall–Kier alpha value is -2.64. The maximum Gasteiger partial charge on any atom is 0.246 e. The Morgan fingerprint density at radius 2 is 2.07 bits per heavy atom. The smallest absolute Gasteiger partial charge is 0.246 e. The summed E-state index contributed by atoms with van der Waals surface area (Å²) in [7, 11) is 0. The summed E-state index contributed by atoms with van der Waals surface area (Å²) in [5, 5.41) is 8.78. The molecule has 0 spiro atoms. The summed E-state index contributed by atoms with van der Waals surface area (Å²) < 4.78 is 2.87. The number of hydrogen-bond acceptors (Lipinski definition) is 4. The molecule has 0 bridgehead atoms. The first kappa shape index (κ1) is 20.6. The molecule has 1 aliphatic heterocycles. The summed E-state index contributed by atoms with van der Waals surface area (Å²) in [6.07, 6.45) is 8.15. The van der Waals surface area contributed by atoms with Gasteiger partial charge in [0.1, 0.15) is 0 Å². The summed E-state index contributed by atoms with van der Waals surface area (Å²) in [5.74, 6) is -0.156. The third kappa shape index (κ3) is 4.42. The fourth-order valence-corrected chi connectivity index (χ4v) is 5.00. The number of benzene rings is 1. The van der Waals surface area contributed by atoms with Gasteiger partial charge in [-0.3, -0.25) is 14.3 Å². The van der Waals surface area contributed by atoms with Crippen molar-refractivity contribution in [3.05, 3.63) is 52.6 Å². The second-order valence-electron chi connectivity index (χ2n) is 7.28. The second kappa shape index (κ2) is 9.02. The standard InChI is InChI=1S/C22H23ClN4O2S/c1-2-27-14-16(13-24-27)25-22(29)15-9-11-26(12-10-15)20(28)8-7-19-21(23)17-5-3-4-6-18(17)30-19/h3-8,13-15H,2,9-12H2,1H3,(H,25,29). The average Bonchev–Trinajstić information content (AvgIpc) is 3.36. The molecule has 156 valence electrons. The van der Waals surface area contributed by atoms with Gasteiger partial charge in [0.05, 0.1) is 16.9 Å². The Labute approximate surface area is 184 Å². The largest absolute Gasteiger partial charge is 0.339 e. The quantitative estimate of drug-likeness (QED) is 0.584. The first-order valence-corrected chi connectivity index (χ1v) is 11.2. The molecule has 0 atom stereocenters. The van der Waals surface area contributed by atoms with E-state index < -0.39 is 0 Å². The molecule has 6 nitrogen and oxygen atoms in total. The van der Waals surface area contributed by atoms with Crippen molar-refractivity contribution in [3.63, 3.8) is 0 Å². The molecule has 8 heteroatoms. The van der Waals surface area contributed by atoms with Crippen molar-refractivity contribution in [2.45, 2.75) is 26.3 Å². The lowest BCUT2D eigenvalue weighted by Gasteiger charge is -2.30. The van der Waals surface area contributed by atoms with Gasteiger partial charge in [0.15, 0.2) is 0 Å². The highest BCUT2D eigenvalue weighted by molar-refractivity contribution is 7.20. The highest BCUT2D eigenvalue weighted by Gasteiger charge is 2.26. The van der Waals surface area contributed by atoms with Crippen LogP contribution in [0.2, 0.25) is 5.02 Å². The van der Waals surface area contributed by atoms with E-state index in [9.17, 15) is 9.59 Å². The van der Waals surface area contributed by atoms with E-state index in [2.05, 4.69) is 10.4 Å². The number of amides is 2. The molecule has 0 radical (unpaired) electrons. The lowest BCUT2D eigenvalue weighted by molar-refractivity contribution is -0.130. The van der Waals surface area contributed by atoms with Gasteiger partial charge in [-0.05, 0) is 31.9 Å². The monoisotopic (exact) mass is 442 g/mol. The number of aromatic nitrogens is 2. The van der Waals surface area contributed by atoms with Crippen LogP contribution in [0, 0.1) is 5.92 Å². The van der Waals surface area contributed by atoms with Crippen molar-refractivity contribution >= 4 is 56.6 Å². The molecule has 3 aromatic rings. The van der Waals surface area contributed by atoms with Crippen molar-refractivity contribution in [2.75, 3.05) is 18.4 Å². The van der Waals surface area contributed by atoms with Gasteiger partial charge < -0.3 is 10.2 Å². The number of hydrogen-bond donors (Lipinski definition) is 1. The number of nitrogens with zero attached hydrogens (tertiary/aromatic N) is 3. The minimum Gasteiger partial charge on any atom is -0.339 e. The molecule has 0 saturated carbocycles. The number of anilines is 1. The van der Waals surface area contributed by atoms with Crippen molar-refractivity contribution in [1.82, 2.24) is 14.7 Å². The summed E-state index contributed by atoms with van der Waals surface area (Å²) in [5.41, 5.74) is 0.712. The predicted molar refractivity (Wildman–Crippen MR) is 122 cm³/mol. The molecule has 0 aliphatic carbocycles. The Kier molecular flexibility index (Phi) is 6.20. The van der Waals surface area contributed by atoms with E-state index in [1.807, 2.05) is 37.4 Å². The van der Waals surface area contributed by atoms with Crippen LogP contribution in [0.25, 0.3) is 16.2 Å². The van der Waals surface area contributed by atoms with Crippen molar-refractivity contribution in [1.29, 1.82) is 0 Å². The zero-order valence-electron chi connectivity index (χ0n) is 16.7. The summed E-state index contributed by atoms with van der Waals surface area (Å²) in [6, 6.07) is 7.93. The second-order valence-corrected chi connectivity index (χ2v) is 8.75. The van der Waals surface area contributed by atoms with Gasteiger partial charge in [-0.15, -0.1) is 11.3 Å². The molecule has 1 saturated heterocycles. The van der Waals surface area contributed by atoms with E-state index in [-0.39, 0.29) is 17.7 Å². The van der Waals surface area contributed by atoms with Crippen molar-refractivity contribution in [2.24, 2.45) is 5.92 Å². The lowest BCUT2D eigenvalue weighted by atomic mass is 9.96. The molecule has 2 aromatic heterocycles. The SMILES string of the molecule is CCn1cc(NC(=O)C2CCN(C(=O)C=Cc3sc4ccccc4c3Cl)CC2)cn1. The van der Waals surface area contributed by atoms with Gasteiger partial charge in [-0.25, -0.2) is 0 Å². The van der Waals surface area contributed by atoms with Crippen molar-refractivity contribution in [3.8, 4) is 0 Å². The van der Waals surface area contributed by atoms with Gasteiger partial charge in [0.2, 0.25) is 11.8 Å². The highest BCUT2D eigenvalue weighted by atomic mass is 35.5. The van der Waals surface area contributed by atoms with Crippen LogP contribution in [0.5, 0.6) is 0 Å². The van der Waals surface area contributed by atoms with E-state index in [0.717, 1.165) is 21.5 Å². The number of likely N-dealkylation sites (tertiary alicyclic amines) is 1. The molecule has 3 heterocycles. The minimum atomic E-state index is -0.0972. The van der Waals surface area contributed by atoms with Crippen LogP contribution in [0.1, 0.15) is 24.6 Å². The third-order valence-electron chi connectivity index (χ3n) is 5.34. The van der Waals surface area contributed by atoms with Crippen LogP contribution >= 0.6 is 22.9 Å². The van der Waals surface area contributed by atoms with E-state index in [1.54, 1.807) is 39.3 Å². The molecule has 1 aromatic carbocycles. The Morgan fingerprint density at radius 3 is 2.77 bits per heavy atom. The fourth-order valence-electron chi connectivity index (χ4n) is 3.60. The molecular weight excluding hydrogens is 420 g/mol.